The third-order valence-corrected chi connectivity index (χ3v) is 14.8. The zero-order chi connectivity index (χ0) is 38.8. The number of rotatable bonds is 7. The minimum Gasteiger partial charge on any atom is -0.450 e. The SMILES string of the molecule is CCOC(=O)N1C2C=C(N3CCC4(CC3)CC(=O)NC4Cc3cccc(C4CC5(CCN4C4=C(F)C6CCC(C4)N6C(=O)OCC)CNC(=O)C5)c3)CC1CC2. The Morgan fingerprint density at radius 3 is 2.36 bits per heavy atom. The van der Waals surface area contributed by atoms with Gasteiger partial charge in [-0.05, 0) is 88.8 Å². The number of hydrogen-bond acceptors (Lipinski definition) is 8. The molecule has 6 fully saturated rings. The summed E-state index contributed by atoms with van der Waals surface area (Å²) in [4.78, 5) is 59.5. The third-order valence-electron chi connectivity index (χ3n) is 14.8. The lowest BCUT2D eigenvalue weighted by Gasteiger charge is -2.49. The van der Waals surface area contributed by atoms with Crippen molar-refractivity contribution >= 4 is 24.0 Å². The highest BCUT2D eigenvalue weighted by molar-refractivity contribution is 5.80. The van der Waals surface area contributed by atoms with Crippen LogP contribution in [0, 0.1) is 10.8 Å². The van der Waals surface area contributed by atoms with Gasteiger partial charge >= 0.3 is 12.2 Å². The molecule has 0 radical (unpaired) electrons. The molecular weight excluding hydrogens is 716 g/mol. The van der Waals surface area contributed by atoms with Gasteiger partial charge in [0.2, 0.25) is 11.8 Å². The van der Waals surface area contributed by atoms with Crippen LogP contribution in [0.2, 0.25) is 0 Å². The molecule has 6 saturated heterocycles. The van der Waals surface area contributed by atoms with Gasteiger partial charge in [-0.15, -0.1) is 0 Å². The van der Waals surface area contributed by atoms with Gasteiger partial charge in [-0.1, -0.05) is 24.3 Å². The first kappa shape index (κ1) is 37.3. The first-order valence-electron chi connectivity index (χ1n) is 21.2. The van der Waals surface area contributed by atoms with E-state index in [1.807, 2.05) is 11.8 Å². The molecule has 302 valence electrons. The van der Waals surface area contributed by atoms with Crippen LogP contribution >= 0.6 is 0 Å². The highest BCUT2D eigenvalue weighted by Gasteiger charge is 2.52. The van der Waals surface area contributed by atoms with Crippen LogP contribution in [0.5, 0.6) is 0 Å². The average molecular weight is 773 g/mol. The van der Waals surface area contributed by atoms with E-state index < -0.39 is 12.1 Å². The molecule has 8 aliphatic rings. The van der Waals surface area contributed by atoms with E-state index >= 15 is 4.39 Å². The Morgan fingerprint density at radius 1 is 0.875 bits per heavy atom. The number of benzene rings is 1. The van der Waals surface area contributed by atoms with Crippen LogP contribution < -0.4 is 10.6 Å². The number of carbonyl (C=O) groups excluding carboxylic acids is 4. The number of hydrogen-bond donors (Lipinski definition) is 2. The zero-order valence-corrected chi connectivity index (χ0v) is 32.9. The van der Waals surface area contributed by atoms with Gasteiger partial charge in [-0.3, -0.25) is 19.4 Å². The number of amides is 4. The predicted molar refractivity (Wildman–Crippen MR) is 205 cm³/mol. The molecule has 0 saturated carbocycles. The maximum atomic E-state index is 16.6. The van der Waals surface area contributed by atoms with Crippen molar-refractivity contribution in [2.75, 3.05) is 39.4 Å². The Kier molecular flexibility index (Phi) is 9.71. The Labute approximate surface area is 329 Å². The number of ether oxygens (including phenoxy) is 2. The number of nitrogens with one attached hydrogen (secondary N) is 2. The molecule has 8 aliphatic heterocycles. The van der Waals surface area contributed by atoms with Crippen LogP contribution in [-0.4, -0.2) is 113 Å². The van der Waals surface area contributed by atoms with E-state index in [1.54, 1.807) is 11.8 Å². The van der Waals surface area contributed by atoms with Crippen molar-refractivity contribution in [2.45, 2.75) is 134 Å². The smallest absolute Gasteiger partial charge is 0.410 e. The maximum absolute atomic E-state index is 16.6. The highest BCUT2D eigenvalue weighted by atomic mass is 19.1. The molecule has 13 heteroatoms. The summed E-state index contributed by atoms with van der Waals surface area (Å²) < 4.78 is 27.3. The topological polar surface area (TPSA) is 124 Å². The van der Waals surface area contributed by atoms with Crippen molar-refractivity contribution in [3.63, 3.8) is 0 Å². The number of halogens is 1. The van der Waals surface area contributed by atoms with E-state index in [0.717, 1.165) is 75.6 Å². The van der Waals surface area contributed by atoms with Crippen LogP contribution in [-0.2, 0) is 25.5 Å². The number of nitrogens with zero attached hydrogens (tertiary/aromatic N) is 4. The maximum Gasteiger partial charge on any atom is 0.410 e. The number of carbonyl (C=O) groups is 4. The van der Waals surface area contributed by atoms with Crippen LogP contribution in [0.15, 0.2) is 47.6 Å². The summed E-state index contributed by atoms with van der Waals surface area (Å²) >= 11 is 0. The molecule has 4 bridgehead atoms. The van der Waals surface area contributed by atoms with Crippen molar-refractivity contribution in [1.29, 1.82) is 0 Å². The fourth-order valence-corrected chi connectivity index (χ4v) is 12.0. The molecule has 9 rings (SSSR count). The van der Waals surface area contributed by atoms with Crippen LogP contribution in [0.4, 0.5) is 14.0 Å². The van der Waals surface area contributed by atoms with Crippen LogP contribution in [0.3, 0.4) is 0 Å². The van der Waals surface area contributed by atoms with Gasteiger partial charge in [-0.2, -0.15) is 0 Å². The summed E-state index contributed by atoms with van der Waals surface area (Å²) in [5.41, 5.74) is 3.96. The lowest BCUT2D eigenvalue weighted by atomic mass is 9.70. The number of likely N-dealkylation sites (tertiary alicyclic amines) is 2. The lowest BCUT2D eigenvalue weighted by molar-refractivity contribution is -0.120. The number of fused-ring (bicyclic) bond motifs is 4. The summed E-state index contributed by atoms with van der Waals surface area (Å²) in [6, 6.07) is 8.11. The second-order valence-corrected chi connectivity index (χ2v) is 17.8. The molecule has 1 aromatic rings. The monoisotopic (exact) mass is 772 g/mol. The third kappa shape index (κ3) is 6.50. The zero-order valence-electron chi connectivity index (χ0n) is 32.9. The normalized spacial score (nSPS) is 33.3. The van der Waals surface area contributed by atoms with Gasteiger partial charge in [0.15, 0.2) is 0 Å². The first-order chi connectivity index (χ1) is 27.1. The molecule has 12 nitrogen and oxygen atoms in total. The molecule has 0 aliphatic carbocycles. The van der Waals surface area contributed by atoms with Crippen LogP contribution in [0.1, 0.15) is 108 Å². The van der Waals surface area contributed by atoms with Gasteiger partial charge < -0.3 is 29.9 Å². The average Bonchev–Trinajstić information content (AvgIpc) is 3.90. The molecule has 4 amide bonds. The van der Waals surface area contributed by atoms with Gasteiger partial charge in [0, 0.05) is 86.5 Å². The lowest BCUT2D eigenvalue weighted by Crippen LogP contribution is -2.49. The Hall–Kier alpha value is -4.29. The van der Waals surface area contributed by atoms with Gasteiger partial charge in [0.25, 0.3) is 0 Å². The van der Waals surface area contributed by atoms with E-state index in [-0.39, 0.29) is 71.4 Å². The van der Waals surface area contributed by atoms with Crippen molar-refractivity contribution < 1.29 is 33.0 Å². The minimum absolute atomic E-state index is 0.0108. The van der Waals surface area contributed by atoms with Crippen LogP contribution in [0.25, 0.3) is 0 Å². The molecule has 0 aromatic heterocycles. The summed E-state index contributed by atoms with van der Waals surface area (Å²) in [5.74, 6) is -0.0275. The summed E-state index contributed by atoms with van der Waals surface area (Å²) in [7, 11) is 0. The second-order valence-electron chi connectivity index (χ2n) is 17.8. The quantitative estimate of drug-likeness (QED) is 0.363. The Balaban J connectivity index is 0.932. The van der Waals surface area contributed by atoms with E-state index in [1.165, 1.54) is 5.70 Å². The Bertz CT molecular complexity index is 1830. The van der Waals surface area contributed by atoms with Crippen molar-refractivity contribution in [3.8, 4) is 0 Å². The largest absolute Gasteiger partial charge is 0.450 e. The molecule has 8 heterocycles. The molecule has 56 heavy (non-hydrogen) atoms. The van der Waals surface area contributed by atoms with E-state index in [9.17, 15) is 19.2 Å². The molecule has 2 N–H and O–H groups in total. The fourth-order valence-electron chi connectivity index (χ4n) is 12.0. The molecule has 1 aromatic carbocycles. The fraction of sp³-hybridized carbons (Fsp3) is 0.674. The van der Waals surface area contributed by atoms with Gasteiger partial charge in [0.1, 0.15) is 5.83 Å². The van der Waals surface area contributed by atoms with Gasteiger partial charge in [-0.25, -0.2) is 14.0 Å². The molecule has 2 spiro atoms. The standard InChI is InChI=1S/C43H57FN6O6/c1-3-55-40(53)49-29-8-9-30(49)21-32(20-29)47-15-13-43(14-16-47)25-38(52)46-36(43)19-27-6-5-7-28(18-27)35-23-42(24-37(51)45-26-42)12-17-48(35)34-22-31-10-11-33(39(34)44)50(31)41(54)56-4-2/h5-7,18,20,29-31,33,35-36H,3-4,8-17,19,21-26H2,1-2H3,(H,45,51)(H,46,52). The second kappa shape index (κ2) is 14.6. The summed E-state index contributed by atoms with van der Waals surface area (Å²) in [6.07, 6.45) is 11.4. The summed E-state index contributed by atoms with van der Waals surface area (Å²) in [6.45, 7) is 7.32. The highest BCUT2D eigenvalue weighted by Crippen LogP contribution is 2.51. The first-order valence-corrected chi connectivity index (χ1v) is 21.2. The minimum atomic E-state index is -0.599. The van der Waals surface area contributed by atoms with E-state index in [2.05, 4.69) is 50.8 Å². The van der Waals surface area contributed by atoms with Crippen molar-refractivity contribution in [2.24, 2.45) is 10.8 Å². The van der Waals surface area contributed by atoms with Crippen molar-refractivity contribution in [3.05, 3.63) is 58.7 Å². The molecule has 7 unspecified atom stereocenters. The van der Waals surface area contributed by atoms with E-state index in [0.29, 0.717) is 57.5 Å². The van der Waals surface area contributed by atoms with Crippen molar-refractivity contribution in [1.82, 2.24) is 30.2 Å². The molecule has 7 atom stereocenters. The number of piperidine rings is 2. The summed E-state index contributed by atoms with van der Waals surface area (Å²) in [5, 5.41) is 6.45. The predicted octanol–water partition coefficient (Wildman–Crippen LogP) is 5.69. The van der Waals surface area contributed by atoms with Gasteiger partial charge in [0.05, 0.1) is 37.0 Å². The van der Waals surface area contributed by atoms with E-state index in [4.69, 9.17) is 9.47 Å². The Morgan fingerprint density at radius 2 is 1.62 bits per heavy atom. The molecular formula is C43H57FN6O6.